The third-order valence-corrected chi connectivity index (χ3v) is 2.91. The van der Waals surface area contributed by atoms with E-state index >= 15 is 0 Å². The van der Waals surface area contributed by atoms with Crippen LogP contribution < -0.4 is 10.6 Å². The molecule has 0 spiro atoms. The molecule has 1 aromatic rings. The van der Waals surface area contributed by atoms with Gasteiger partial charge in [0, 0.05) is 25.0 Å². The van der Waals surface area contributed by atoms with Gasteiger partial charge in [-0.1, -0.05) is 0 Å². The number of rotatable bonds is 6. The van der Waals surface area contributed by atoms with Crippen molar-refractivity contribution < 1.29 is 4.79 Å². The van der Waals surface area contributed by atoms with Crippen molar-refractivity contribution in [3.8, 4) is 0 Å². The monoisotopic (exact) mass is 240 g/mol. The van der Waals surface area contributed by atoms with Crippen LogP contribution in [0.25, 0.3) is 0 Å². The Kier molecular flexibility index (Phi) is 5.49. The van der Waals surface area contributed by atoms with E-state index in [4.69, 9.17) is 0 Å². The highest BCUT2D eigenvalue weighted by Gasteiger charge is 2.09. The van der Waals surface area contributed by atoms with Crippen LogP contribution in [0.3, 0.4) is 0 Å². The first-order chi connectivity index (χ1) is 7.58. The summed E-state index contributed by atoms with van der Waals surface area (Å²) in [6.07, 6.45) is 0.530. The summed E-state index contributed by atoms with van der Waals surface area (Å²) in [5.41, 5.74) is 1.28. The van der Waals surface area contributed by atoms with Gasteiger partial charge in [-0.3, -0.25) is 4.79 Å². The number of nitrogens with one attached hydrogen (secondary N) is 2. The molecule has 1 amide bonds. The maximum atomic E-state index is 11.5. The average molecular weight is 240 g/mol. The quantitative estimate of drug-likeness (QED) is 0.800. The first-order valence-electron chi connectivity index (χ1n) is 5.61. The zero-order valence-electron chi connectivity index (χ0n) is 10.1. The van der Waals surface area contributed by atoms with E-state index in [0.717, 1.165) is 6.54 Å². The third-order valence-electron chi connectivity index (χ3n) is 2.18. The Morgan fingerprint density at radius 1 is 1.44 bits per heavy atom. The Hall–Kier alpha value is -0.870. The minimum Gasteiger partial charge on any atom is -0.354 e. The predicted octanol–water partition coefficient (Wildman–Crippen LogP) is 2.14. The van der Waals surface area contributed by atoms with Crippen molar-refractivity contribution in [2.75, 3.05) is 0 Å². The molecular formula is C12H20N2OS. The summed E-state index contributed by atoms with van der Waals surface area (Å²) in [5.74, 6) is 0.111. The minimum absolute atomic E-state index is 0.111. The second kappa shape index (κ2) is 6.66. The van der Waals surface area contributed by atoms with Crippen molar-refractivity contribution in [2.45, 2.75) is 45.8 Å². The van der Waals surface area contributed by atoms with E-state index in [-0.39, 0.29) is 18.0 Å². The molecule has 1 unspecified atom stereocenters. The fourth-order valence-electron chi connectivity index (χ4n) is 1.42. The predicted molar refractivity (Wildman–Crippen MR) is 68.5 cm³/mol. The molecule has 0 saturated heterocycles. The highest BCUT2D eigenvalue weighted by molar-refractivity contribution is 7.07. The van der Waals surface area contributed by atoms with Gasteiger partial charge < -0.3 is 10.6 Å². The molecule has 16 heavy (non-hydrogen) atoms. The first kappa shape index (κ1) is 13.2. The number of carbonyl (C=O) groups is 1. The summed E-state index contributed by atoms with van der Waals surface area (Å²) in [6, 6.07) is 2.52. The lowest BCUT2D eigenvalue weighted by Gasteiger charge is -2.14. The van der Waals surface area contributed by atoms with Crippen LogP contribution in [-0.2, 0) is 11.3 Å². The normalized spacial score (nSPS) is 12.8. The largest absolute Gasteiger partial charge is 0.354 e. The van der Waals surface area contributed by atoms with Gasteiger partial charge in [-0.25, -0.2) is 0 Å². The molecule has 4 heteroatoms. The molecule has 0 aromatic carbocycles. The van der Waals surface area contributed by atoms with Crippen LogP contribution in [0.2, 0.25) is 0 Å². The molecule has 2 N–H and O–H groups in total. The van der Waals surface area contributed by atoms with Crippen LogP contribution in [0.1, 0.15) is 32.8 Å². The van der Waals surface area contributed by atoms with Gasteiger partial charge >= 0.3 is 0 Å². The maximum Gasteiger partial charge on any atom is 0.221 e. The molecule has 1 aromatic heterocycles. The van der Waals surface area contributed by atoms with E-state index in [1.807, 2.05) is 20.8 Å². The molecule has 0 radical (unpaired) electrons. The van der Waals surface area contributed by atoms with Crippen LogP contribution >= 0.6 is 11.3 Å². The SMILES string of the molecule is CC(C)NC(=O)CC(C)NCc1ccsc1. The maximum absolute atomic E-state index is 11.5. The number of carbonyl (C=O) groups excluding carboxylic acids is 1. The molecule has 1 atom stereocenters. The zero-order chi connectivity index (χ0) is 12.0. The highest BCUT2D eigenvalue weighted by atomic mass is 32.1. The van der Waals surface area contributed by atoms with Gasteiger partial charge in [0.05, 0.1) is 0 Å². The van der Waals surface area contributed by atoms with Crippen molar-refractivity contribution in [3.05, 3.63) is 22.4 Å². The molecule has 1 heterocycles. The minimum atomic E-state index is 0.111. The molecule has 0 saturated carbocycles. The van der Waals surface area contributed by atoms with Crippen molar-refractivity contribution in [3.63, 3.8) is 0 Å². The lowest BCUT2D eigenvalue weighted by atomic mass is 10.2. The Morgan fingerprint density at radius 2 is 2.19 bits per heavy atom. The third kappa shape index (κ3) is 5.28. The molecule has 1 rings (SSSR count). The Morgan fingerprint density at radius 3 is 2.75 bits per heavy atom. The summed E-state index contributed by atoms with van der Waals surface area (Å²) >= 11 is 1.69. The zero-order valence-corrected chi connectivity index (χ0v) is 10.9. The standard InChI is InChI=1S/C12H20N2OS/c1-9(2)14-12(15)6-10(3)13-7-11-4-5-16-8-11/h4-5,8-10,13H,6-7H2,1-3H3,(H,14,15). The molecular weight excluding hydrogens is 220 g/mol. The van der Waals surface area contributed by atoms with Gasteiger partial charge in [0.1, 0.15) is 0 Å². The summed E-state index contributed by atoms with van der Waals surface area (Å²) in [7, 11) is 0. The lowest BCUT2D eigenvalue weighted by Crippen LogP contribution is -2.36. The second-order valence-electron chi connectivity index (χ2n) is 4.34. The number of hydrogen-bond acceptors (Lipinski definition) is 3. The van der Waals surface area contributed by atoms with Crippen LogP contribution in [0.15, 0.2) is 16.8 Å². The van der Waals surface area contributed by atoms with E-state index in [9.17, 15) is 4.79 Å². The van der Waals surface area contributed by atoms with Crippen LogP contribution in [0, 0.1) is 0 Å². The van der Waals surface area contributed by atoms with Crippen molar-refractivity contribution >= 4 is 17.2 Å². The average Bonchev–Trinajstić information content (AvgIpc) is 2.65. The van der Waals surface area contributed by atoms with Gasteiger partial charge in [-0.2, -0.15) is 11.3 Å². The molecule has 0 fully saturated rings. The van der Waals surface area contributed by atoms with Crippen molar-refractivity contribution in [1.82, 2.24) is 10.6 Å². The smallest absolute Gasteiger partial charge is 0.221 e. The van der Waals surface area contributed by atoms with E-state index in [2.05, 4.69) is 27.5 Å². The Balaban J connectivity index is 2.20. The van der Waals surface area contributed by atoms with Crippen molar-refractivity contribution in [2.24, 2.45) is 0 Å². The summed E-state index contributed by atoms with van der Waals surface area (Å²) in [5, 5.41) is 10.4. The van der Waals surface area contributed by atoms with E-state index in [1.54, 1.807) is 11.3 Å². The summed E-state index contributed by atoms with van der Waals surface area (Å²) < 4.78 is 0. The van der Waals surface area contributed by atoms with Gasteiger partial charge in [-0.15, -0.1) is 0 Å². The van der Waals surface area contributed by atoms with Gasteiger partial charge in [0.15, 0.2) is 0 Å². The molecule has 0 aliphatic heterocycles. The van der Waals surface area contributed by atoms with Crippen molar-refractivity contribution in [1.29, 1.82) is 0 Å². The fourth-order valence-corrected chi connectivity index (χ4v) is 2.09. The van der Waals surface area contributed by atoms with Gasteiger partial charge in [0.25, 0.3) is 0 Å². The Bertz CT molecular complexity index is 309. The lowest BCUT2D eigenvalue weighted by molar-refractivity contribution is -0.122. The van der Waals surface area contributed by atoms with Gasteiger partial charge in [-0.05, 0) is 43.2 Å². The van der Waals surface area contributed by atoms with Gasteiger partial charge in [0.2, 0.25) is 5.91 Å². The topological polar surface area (TPSA) is 41.1 Å². The second-order valence-corrected chi connectivity index (χ2v) is 5.12. The summed E-state index contributed by atoms with van der Waals surface area (Å²) in [4.78, 5) is 11.5. The number of hydrogen-bond donors (Lipinski definition) is 2. The number of thiophene rings is 1. The highest BCUT2D eigenvalue weighted by Crippen LogP contribution is 2.05. The fraction of sp³-hybridized carbons (Fsp3) is 0.583. The Labute approximate surface area is 101 Å². The molecule has 0 aliphatic rings. The van der Waals surface area contributed by atoms with E-state index in [1.165, 1.54) is 5.56 Å². The molecule has 3 nitrogen and oxygen atoms in total. The van der Waals surface area contributed by atoms with Crippen LogP contribution in [-0.4, -0.2) is 18.0 Å². The van der Waals surface area contributed by atoms with Crippen LogP contribution in [0.4, 0.5) is 0 Å². The van der Waals surface area contributed by atoms with Crippen LogP contribution in [0.5, 0.6) is 0 Å². The molecule has 90 valence electrons. The number of amides is 1. The first-order valence-corrected chi connectivity index (χ1v) is 6.56. The molecule has 0 bridgehead atoms. The van der Waals surface area contributed by atoms with E-state index < -0.39 is 0 Å². The summed E-state index contributed by atoms with van der Waals surface area (Å²) in [6.45, 7) is 6.81. The molecule has 0 aliphatic carbocycles. The van der Waals surface area contributed by atoms with E-state index in [0.29, 0.717) is 6.42 Å².